The zero-order valence-electron chi connectivity index (χ0n) is 18.0. The molecule has 1 fully saturated rings. The van der Waals surface area contributed by atoms with Crippen molar-refractivity contribution in [1.29, 1.82) is 0 Å². The third kappa shape index (κ3) is 7.65. The van der Waals surface area contributed by atoms with Gasteiger partial charge in [-0.1, -0.05) is 0 Å². The van der Waals surface area contributed by atoms with E-state index in [1.54, 1.807) is 24.3 Å². The number of non-ortho nitro benzene ring substituents is 2. The first-order valence-electron chi connectivity index (χ1n) is 10.8. The fourth-order valence-electron chi connectivity index (χ4n) is 3.72. The highest BCUT2D eigenvalue weighted by Crippen LogP contribution is 2.12. The van der Waals surface area contributed by atoms with Gasteiger partial charge in [0, 0.05) is 35.4 Å². The van der Waals surface area contributed by atoms with Crippen LogP contribution in [0, 0.1) is 20.2 Å². The van der Waals surface area contributed by atoms with Crippen LogP contribution in [-0.2, 0) is 22.6 Å². The number of quaternary nitrogens is 2. The van der Waals surface area contributed by atoms with Crippen molar-refractivity contribution in [1.82, 2.24) is 0 Å². The Morgan fingerprint density at radius 1 is 0.625 bits per heavy atom. The second-order valence-electron chi connectivity index (χ2n) is 7.93. The van der Waals surface area contributed by atoms with Crippen LogP contribution in [0.3, 0.4) is 0 Å². The Bertz CT molecular complexity index is 789. The summed E-state index contributed by atoms with van der Waals surface area (Å²) < 4.78 is 11.8. The zero-order chi connectivity index (χ0) is 22.8. The third-order valence-corrected chi connectivity index (χ3v) is 5.60. The molecule has 2 N–H and O–H groups in total. The van der Waals surface area contributed by atoms with E-state index in [-0.39, 0.29) is 21.2 Å². The Labute approximate surface area is 186 Å². The maximum atomic E-state index is 10.8. The van der Waals surface area contributed by atoms with Crippen molar-refractivity contribution in [3.8, 4) is 0 Å². The minimum atomic E-state index is -0.387. The lowest BCUT2D eigenvalue weighted by Gasteiger charge is -2.23. The van der Waals surface area contributed by atoms with E-state index in [4.69, 9.17) is 9.47 Å². The van der Waals surface area contributed by atoms with Crippen molar-refractivity contribution in [2.45, 2.75) is 13.1 Å². The SMILES string of the molecule is O=[N+]([O-])c1ccc(C[NH+]2CCOCC[NH+](Cc3ccc([N+](=O)[O-])cc3)CCOCC2)cc1. The van der Waals surface area contributed by atoms with Crippen molar-refractivity contribution < 1.29 is 29.1 Å². The highest BCUT2D eigenvalue weighted by atomic mass is 16.6. The molecule has 1 saturated heterocycles. The van der Waals surface area contributed by atoms with Gasteiger partial charge in [0.1, 0.15) is 39.3 Å². The molecule has 1 aliphatic heterocycles. The Balaban J connectivity index is 1.48. The van der Waals surface area contributed by atoms with Crippen LogP contribution in [-0.4, -0.2) is 62.5 Å². The van der Waals surface area contributed by atoms with Gasteiger partial charge in [-0.2, -0.15) is 0 Å². The molecule has 1 aliphatic rings. The van der Waals surface area contributed by atoms with Crippen LogP contribution in [0.15, 0.2) is 48.5 Å². The van der Waals surface area contributed by atoms with Crippen LogP contribution < -0.4 is 9.80 Å². The molecule has 32 heavy (non-hydrogen) atoms. The zero-order valence-corrected chi connectivity index (χ0v) is 18.0. The monoisotopic (exact) mass is 446 g/mol. The molecule has 2 aromatic carbocycles. The van der Waals surface area contributed by atoms with Crippen molar-refractivity contribution in [2.75, 3.05) is 52.6 Å². The number of rotatable bonds is 6. The fourth-order valence-corrected chi connectivity index (χ4v) is 3.72. The quantitative estimate of drug-likeness (QED) is 0.478. The Kier molecular flexibility index (Phi) is 9.05. The molecule has 0 amide bonds. The van der Waals surface area contributed by atoms with Crippen molar-refractivity contribution in [3.05, 3.63) is 79.9 Å². The van der Waals surface area contributed by atoms with E-state index in [0.29, 0.717) is 26.4 Å². The van der Waals surface area contributed by atoms with Gasteiger partial charge in [-0.05, 0) is 24.3 Å². The van der Waals surface area contributed by atoms with Gasteiger partial charge in [0.05, 0.1) is 36.3 Å². The molecule has 0 unspecified atom stereocenters. The predicted octanol–water partition coefficient (Wildman–Crippen LogP) is 0.0198. The lowest BCUT2D eigenvalue weighted by molar-refractivity contribution is -0.921. The van der Waals surface area contributed by atoms with E-state index in [9.17, 15) is 20.2 Å². The summed E-state index contributed by atoms with van der Waals surface area (Å²) >= 11 is 0. The van der Waals surface area contributed by atoms with E-state index < -0.39 is 0 Å². The Morgan fingerprint density at radius 2 is 0.938 bits per heavy atom. The highest BCUT2D eigenvalue weighted by Gasteiger charge is 2.15. The van der Waals surface area contributed by atoms with Gasteiger partial charge < -0.3 is 19.3 Å². The third-order valence-electron chi connectivity index (χ3n) is 5.60. The van der Waals surface area contributed by atoms with E-state index in [1.165, 1.54) is 9.80 Å². The average molecular weight is 447 g/mol. The number of benzene rings is 2. The molecule has 0 bridgehead atoms. The maximum absolute atomic E-state index is 10.8. The number of nitrogens with one attached hydrogen (secondary N) is 2. The lowest BCUT2D eigenvalue weighted by Crippen LogP contribution is -3.12. The summed E-state index contributed by atoms with van der Waals surface area (Å²) in [6.07, 6.45) is 0. The standard InChI is InChI=1S/C22H28N4O6/c27-25(28)21-5-1-19(2-6-21)17-23-9-13-31-15-11-24(12-16-32-14-10-23)18-20-3-7-22(8-4-20)26(29)30/h1-8H,9-18H2/p+2. The molecule has 0 spiro atoms. The van der Waals surface area contributed by atoms with Gasteiger partial charge >= 0.3 is 0 Å². The molecule has 10 nitrogen and oxygen atoms in total. The molecule has 10 heteroatoms. The summed E-state index contributed by atoms with van der Waals surface area (Å²) in [6.45, 7) is 7.39. The van der Waals surface area contributed by atoms with E-state index in [0.717, 1.165) is 50.4 Å². The van der Waals surface area contributed by atoms with Crippen LogP contribution in [0.25, 0.3) is 0 Å². The van der Waals surface area contributed by atoms with Crippen LogP contribution >= 0.6 is 0 Å². The number of hydrogen-bond acceptors (Lipinski definition) is 6. The van der Waals surface area contributed by atoms with Crippen molar-refractivity contribution in [3.63, 3.8) is 0 Å². The molecule has 1 heterocycles. The number of nitro benzene ring substituents is 2. The molecule has 3 rings (SSSR count). The van der Waals surface area contributed by atoms with Gasteiger partial charge in [-0.3, -0.25) is 20.2 Å². The first-order valence-corrected chi connectivity index (χ1v) is 10.8. The summed E-state index contributed by atoms with van der Waals surface area (Å²) in [4.78, 5) is 23.5. The summed E-state index contributed by atoms with van der Waals surface area (Å²) in [5.41, 5.74) is 2.31. The van der Waals surface area contributed by atoms with Gasteiger partial charge in [0.2, 0.25) is 0 Å². The lowest BCUT2D eigenvalue weighted by atomic mass is 10.2. The molecular formula is C22H30N4O6+2. The summed E-state index contributed by atoms with van der Waals surface area (Å²) in [7, 11) is 0. The largest absolute Gasteiger partial charge is 0.370 e. The molecular weight excluding hydrogens is 416 g/mol. The van der Waals surface area contributed by atoms with Crippen molar-refractivity contribution >= 4 is 11.4 Å². The molecule has 172 valence electrons. The molecule has 0 aliphatic carbocycles. The Hall–Kier alpha value is -2.92. The molecule has 0 aromatic heterocycles. The Morgan fingerprint density at radius 3 is 1.22 bits per heavy atom. The average Bonchev–Trinajstić information content (AvgIpc) is 2.77. The number of ether oxygens (including phenoxy) is 2. The van der Waals surface area contributed by atoms with E-state index >= 15 is 0 Å². The first-order chi connectivity index (χ1) is 15.5. The minimum Gasteiger partial charge on any atom is -0.370 e. The van der Waals surface area contributed by atoms with Gasteiger partial charge in [-0.25, -0.2) is 0 Å². The second kappa shape index (κ2) is 12.2. The number of hydrogen-bond donors (Lipinski definition) is 2. The molecule has 0 atom stereocenters. The first kappa shape index (κ1) is 23.7. The van der Waals surface area contributed by atoms with Gasteiger partial charge in [-0.15, -0.1) is 0 Å². The fraction of sp³-hybridized carbons (Fsp3) is 0.455. The summed E-state index contributed by atoms with van der Waals surface area (Å²) in [5.74, 6) is 0. The predicted molar refractivity (Wildman–Crippen MR) is 117 cm³/mol. The van der Waals surface area contributed by atoms with Gasteiger partial charge in [0.15, 0.2) is 0 Å². The van der Waals surface area contributed by atoms with E-state index in [1.807, 2.05) is 24.3 Å². The summed E-state index contributed by atoms with van der Waals surface area (Å²) in [6, 6.07) is 13.4. The van der Waals surface area contributed by atoms with Crippen LogP contribution in [0.4, 0.5) is 11.4 Å². The number of nitro groups is 2. The van der Waals surface area contributed by atoms with Crippen LogP contribution in [0.1, 0.15) is 11.1 Å². The highest BCUT2D eigenvalue weighted by molar-refractivity contribution is 5.33. The van der Waals surface area contributed by atoms with E-state index in [2.05, 4.69) is 0 Å². The van der Waals surface area contributed by atoms with Gasteiger partial charge in [0.25, 0.3) is 11.4 Å². The second-order valence-corrected chi connectivity index (χ2v) is 7.93. The normalized spacial score (nSPS) is 20.6. The van der Waals surface area contributed by atoms with Crippen molar-refractivity contribution in [2.24, 2.45) is 0 Å². The number of nitrogens with zero attached hydrogens (tertiary/aromatic N) is 2. The maximum Gasteiger partial charge on any atom is 0.269 e. The molecule has 2 aromatic rings. The molecule has 0 radical (unpaired) electrons. The smallest absolute Gasteiger partial charge is 0.269 e. The van der Waals surface area contributed by atoms with Crippen LogP contribution in [0.2, 0.25) is 0 Å². The minimum absolute atomic E-state index is 0.102. The van der Waals surface area contributed by atoms with Crippen LogP contribution in [0.5, 0.6) is 0 Å². The molecule has 0 saturated carbocycles. The summed E-state index contributed by atoms with van der Waals surface area (Å²) in [5, 5.41) is 21.6. The topological polar surface area (TPSA) is 114 Å².